The molecular weight excluding hydrogens is 274 g/mol. The van der Waals surface area contributed by atoms with Crippen LogP contribution in [0.1, 0.15) is 16.8 Å². The predicted molar refractivity (Wildman–Crippen MR) is 63.0 cm³/mol. The first-order chi connectivity index (χ1) is 9.31. The van der Waals surface area contributed by atoms with E-state index in [1.54, 1.807) is 0 Å². The fraction of sp³-hybridized carbons (Fsp3) is 0.250. The van der Waals surface area contributed by atoms with E-state index < -0.39 is 46.6 Å². The van der Waals surface area contributed by atoms with Gasteiger partial charge in [-0.3, -0.25) is 9.59 Å². The number of amides is 2. The van der Waals surface area contributed by atoms with Gasteiger partial charge in [-0.1, -0.05) is 0 Å². The minimum atomic E-state index is -1.63. The molecule has 2 amide bonds. The summed E-state index contributed by atoms with van der Waals surface area (Å²) in [5.41, 5.74) is 3.85. The number of nitrogens with two attached hydrogens (primary N) is 1. The van der Waals surface area contributed by atoms with Crippen molar-refractivity contribution < 1.29 is 28.3 Å². The first kappa shape index (κ1) is 13.9. The van der Waals surface area contributed by atoms with Crippen LogP contribution >= 0.6 is 0 Å². The van der Waals surface area contributed by atoms with Crippen LogP contribution in [0.2, 0.25) is 0 Å². The molecule has 0 aromatic heterocycles. The number of carboxylic acids is 1. The Kier molecular flexibility index (Phi) is 3.39. The Labute approximate surface area is 111 Å². The van der Waals surface area contributed by atoms with Crippen LogP contribution in [0.25, 0.3) is 0 Å². The van der Waals surface area contributed by atoms with Gasteiger partial charge in [0, 0.05) is 19.0 Å². The van der Waals surface area contributed by atoms with Crippen LogP contribution < -0.4 is 10.6 Å². The minimum absolute atomic E-state index is 0.197. The molecule has 6 nitrogen and oxygen atoms in total. The topological polar surface area (TPSA) is 101 Å². The van der Waals surface area contributed by atoms with E-state index in [0.717, 1.165) is 11.0 Å². The second kappa shape index (κ2) is 4.87. The molecule has 8 heteroatoms. The van der Waals surface area contributed by atoms with E-state index in [1.165, 1.54) is 0 Å². The van der Waals surface area contributed by atoms with Gasteiger partial charge in [-0.25, -0.2) is 13.6 Å². The number of benzene rings is 1. The number of halogens is 2. The van der Waals surface area contributed by atoms with Crippen molar-refractivity contribution in [2.45, 2.75) is 6.42 Å². The van der Waals surface area contributed by atoms with Gasteiger partial charge < -0.3 is 15.7 Å². The molecule has 0 aliphatic carbocycles. The van der Waals surface area contributed by atoms with Crippen LogP contribution in [-0.4, -0.2) is 29.4 Å². The lowest BCUT2D eigenvalue weighted by molar-refractivity contribution is -0.123. The number of hydrogen-bond donors (Lipinski definition) is 2. The van der Waals surface area contributed by atoms with Gasteiger partial charge >= 0.3 is 5.97 Å². The number of hydrogen-bond acceptors (Lipinski definition) is 3. The second-order valence-corrected chi connectivity index (χ2v) is 4.39. The summed E-state index contributed by atoms with van der Waals surface area (Å²) in [7, 11) is 0. The second-order valence-electron chi connectivity index (χ2n) is 4.39. The van der Waals surface area contributed by atoms with Crippen LogP contribution in [0.5, 0.6) is 0 Å². The normalized spacial score (nSPS) is 18.4. The Morgan fingerprint density at radius 3 is 2.50 bits per heavy atom. The van der Waals surface area contributed by atoms with Crippen molar-refractivity contribution in [3.8, 4) is 0 Å². The molecule has 1 aliphatic rings. The zero-order valence-electron chi connectivity index (χ0n) is 10.1. The van der Waals surface area contributed by atoms with Gasteiger partial charge in [0.1, 0.15) is 17.2 Å². The predicted octanol–water partition coefficient (Wildman–Crippen LogP) is 0.501. The van der Waals surface area contributed by atoms with Crippen molar-refractivity contribution in [1.29, 1.82) is 0 Å². The van der Waals surface area contributed by atoms with Crippen LogP contribution in [0, 0.1) is 17.6 Å². The molecule has 0 bridgehead atoms. The lowest BCUT2D eigenvalue weighted by Gasteiger charge is -2.19. The maximum atomic E-state index is 13.5. The quantitative estimate of drug-likeness (QED) is 0.844. The molecule has 2 rings (SSSR count). The lowest BCUT2D eigenvalue weighted by Crippen LogP contribution is -2.30. The van der Waals surface area contributed by atoms with Gasteiger partial charge in [0.05, 0.1) is 11.6 Å². The van der Waals surface area contributed by atoms with Crippen molar-refractivity contribution in [3.63, 3.8) is 0 Å². The molecule has 1 heterocycles. The Bertz CT molecular complexity index is 618. The van der Waals surface area contributed by atoms with Gasteiger partial charge in [0.25, 0.3) is 0 Å². The lowest BCUT2D eigenvalue weighted by atomic mass is 10.1. The van der Waals surface area contributed by atoms with Gasteiger partial charge in [-0.05, 0) is 6.07 Å². The fourth-order valence-corrected chi connectivity index (χ4v) is 2.12. The van der Waals surface area contributed by atoms with Gasteiger partial charge in [-0.15, -0.1) is 0 Å². The number of carboxylic acid groups (broad SMARTS) is 1. The van der Waals surface area contributed by atoms with Gasteiger partial charge in [0.15, 0.2) is 0 Å². The number of anilines is 1. The molecule has 20 heavy (non-hydrogen) atoms. The first-order valence-corrected chi connectivity index (χ1v) is 5.63. The van der Waals surface area contributed by atoms with E-state index in [2.05, 4.69) is 0 Å². The highest BCUT2D eigenvalue weighted by Crippen LogP contribution is 2.30. The Morgan fingerprint density at radius 2 is 2.00 bits per heavy atom. The Balaban J connectivity index is 2.50. The minimum Gasteiger partial charge on any atom is -0.478 e. The molecule has 1 aromatic carbocycles. The standard InChI is InChI=1S/C12H10F2N2O4/c13-6-2-7(14)10(12(19)20)8(3-6)16-4-5(11(15)18)1-9(16)17/h2-3,5H,1,4H2,(H2,15,18)(H,19,20). The summed E-state index contributed by atoms with van der Waals surface area (Å²) < 4.78 is 26.8. The molecule has 3 N–H and O–H groups in total. The Hall–Kier alpha value is -2.51. The van der Waals surface area contributed by atoms with Crippen LogP contribution in [0.4, 0.5) is 14.5 Å². The summed E-state index contributed by atoms with van der Waals surface area (Å²) >= 11 is 0. The van der Waals surface area contributed by atoms with Crippen molar-refractivity contribution in [2.75, 3.05) is 11.4 Å². The fourth-order valence-electron chi connectivity index (χ4n) is 2.12. The first-order valence-electron chi connectivity index (χ1n) is 5.63. The summed E-state index contributed by atoms with van der Waals surface area (Å²) in [5, 5.41) is 8.97. The van der Waals surface area contributed by atoms with Crippen LogP contribution in [0.3, 0.4) is 0 Å². The maximum absolute atomic E-state index is 13.5. The van der Waals surface area contributed by atoms with Crippen molar-refractivity contribution in [3.05, 3.63) is 29.3 Å². The number of carbonyl (C=O) groups is 3. The highest BCUT2D eigenvalue weighted by atomic mass is 19.1. The van der Waals surface area contributed by atoms with Crippen LogP contribution in [-0.2, 0) is 9.59 Å². The summed E-state index contributed by atoms with van der Waals surface area (Å²) in [5.74, 6) is -6.08. The largest absolute Gasteiger partial charge is 0.478 e. The molecule has 1 unspecified atom stereocenters. The highest BCUT2D eigenvalue weighted by Gasteiger charge is 2.36. The number of aromatic carboxylic acids is 1. The highest BCUT2D eigenvalue weighted by molar-refractivity contribution is 6.05. The summed E-state index contributed by atoms with van der Waals surface area (Å²) in [4.78, 5) is 34.7. The van der Waals surface area contributed by atoms with Crippen molar-refractivity contribution in [1.82, 2.24) is 0 Å². The third kappa shape index (κ3) is 2.31. The molecule has 1 atom stereocenters. The third-order valence-electron chi connectivity index (χ3n) is 3.07. The average Bonchev–Trinajstić information content (AvgIpc) is 2.69. The van der Waals surface area contributed by atoms with E-state index in [1.807, 2.05) is 0 Å². The molecule has 106 valence electrons. The molecule has 1 aliphatic heterocycles. The van der Waals surface area contributed by atoms with Crippen LogP contribution in [0.15, 0.2) is 12.1 Å². The molecule has 1 fully saturated rings. The molecule has 0 spiro atoms. The SMILES string of the molecule is NC(=O)C1CC(=O)N(c2cc(F)cc(F)c2C(=O)O)C1. The molecule has 1 saturated heterocycles. The number of rotatable bonds is 3. The number of primary amides is 1. The Morgan fingerprint density at radius 1 is 1.35 bits per heavy atom. The molecule has 0 radical (unpaired) electrons. The van der Waals surface area contributed by atoms with Crippen molar-refractivity contribution in [2.24, 2.45) is 11.7 Å². The van der Waals surface area contributed by atoms with E-state index in [9.17, 15) is 23.2 Å². The van der Waals surface area contributed by atoms with E-state index >= 15 is 0 Å². The van der Waals surface area contributed by atoms with Crippen molar-refractivity contribution >= 4 is 23.5 Å². The zero-order valence-corrected chi connectivity index (χ0v) is 10.1. The van der Waals surface area contributed by atoms with E-state index in [0.29, 0.717) is 6.07 Å². The van der Waals surface area contributed by atoms with Gasteiger partial charge in [-0.2, -0.15) is 0 Å². The third-order valence-corrected chi connectivity index (χ3v) is 3.07. The summed E-state index contributed by atoms with van der Waals surface area (Å²) in [6.07, 6.45) is -0.216. The molecule has 1 aromatic rings. The maximum Gasteiger partial charge on any atom is 0.340 e. The summed E-state index contributed by atoms with van der Waals surface area (Å²) in [6.45, 7) is -0.197. The molecule has 0 saturated carbocycles. The number of nitrogens with zero attached hydrogens (tertiary/aromatic N) is 1. The number of carbonyl (C=O) groups excluding carboxylic acids is 2. The molecular formula is C12H10F2N2O4. The summed E-state index contributed by atoms with van der Waals surface area (Å²) in [6, 6.07) is 1.16. The van der Waals surface area contributed by atoms with Gasteiger partial charge in [0.2, 0.25) is 11.8 Å². The average molecular weight is 284 g/mol. The smallest absolute Gasteiger partial charge is 0.340 e. The monoisotopic (exact) mass is 284 g/mol. The van der Waals surface area contributed by atoms with E-state index in [-0.39, 0.29) is 13.0 Å². The zero-order chi connectivity index (χ0) is 15.0. The van der Waals surface area contributed by atoms with E-state index in [4.69, 9.17) is 10.8 Å².